The lowest BCUT2D eigenvalue weighted by Crippen LogP contribution is -2.28. The summed E-state index contributed by atoms with van der Waals surface area (Å²) < 4.78 is 0.939. The van der Waals surface area contributed by atoms with Crippen LogP contribution < -0.4 is 10.6 Å². The normalized spacial score (nSPS) is 10.5. The van der Waals surface area contributed by atoms with Crippen molar-refractivity contribution in [3.05, 3.63) is 28.2 Å². The molecule has 0 radical (unpaired) electrons. The zero-order valence-corrected chi connectivity index (χ0v) is 10.8. The Morgan fingerprint density at radius 2 is 2.07 bits per heavy atom. The Kier molecular flexibility index (Phi) is 3.74. The van der Waals surface area contributed by atoms with Crippen LogP contribution in [0.25, 0.3) is 0 Å². The SMILES string of the molecule is CC(C)N(C)c1ccc(Br)cc1C(=N)N. The molecule has 82 valence electrons. The summed E-state index contributed by atoms with van der Waals surface area (Å²) in [6.45, 7) is 4.21. The Bertz CT molecular complexity index is 374. The van der Waals surface area contributed by atoms with Gasteiger partial charge in [-0.2, -0.15) is 0 Å². The summed E-state index contributed by atoms with van der Waals surface area (Å²) in [7, 11) is 2.00. The van der Waals surface area contributed by atoms with Crippen LogP contribution in [0.1, 0.15) is 19.4 Å². The van der Waals surface area contributed by atoms with Crippen LogP contribution in [0, 0.1) is 5.41 Å². The number of rotatable bonds is 3. The fourth-order valence-corrected chi connectivity index (χ4v) is 1.67. The quantitative estimate of drug-likeness (QED) is 0.655. The van der Waals surface area contributed by atoms with Gasteiger partial charge < -0.3 is 10.6 Å². The van der Waals surface area contributed by atoms with E-state index in [-0.39, 0.29) is 5.84 Å². The number of anilines is 1. The maximum absolute atomic E-state index is 7.54. The van der Waals surface area contributed by atoms with E-state index in [0.29, 0.717) is 6.04 Å². The summed E-state index contributed by atoms with van der Waals surface area (Å²) in [6, 6.07) is 6.18. The van der Waals surface area contributed by atoms with E-state index in [1.54, 1.807) is 0 Å². The molecule has 1 aromatic carbocycles. The van der Waals surface area contributed by atoms with Crippen molar-refractivity contribution in [2.75, 3.05) is 11.9 Å². The van der Waals surface area contributed by atoms with Crippen molar-refractivity contribution < 1.29 is 0 Å². The summed E-state index contributed by atoms with van der Waals surface area (Å²) >= 11 is 3.38. The topological polar surface area (TPSA) is 53.1 Å². The Morgan fingerprint density at radius 1 is 1.47 bits per heavy atom. The summed E-state index contributed by atoms with van der Waals surface area (Å²) in [4.78, 5) is 2.10. The lowest BCUT2D eigenvalue weighted by Gasteiger charge is -2.26. The lowest BCUT2D eigenvalue weighted by atomic mass is 10.1. The van der Waals surface area contributed by atoms with Gasteiger partial charge >= 0.3 is 0 Å². The van der Waals surface area contributed by atoms with Crippen LogP contribution in [0.4, 0.5) is 5.69 Å². The van der Waals surface area contributed by atoms with Gasteiger partial charge in [0.15, 0.2) is 0 Å². The molecule has 0 unspecified atom stereocenters. The van der Waals surface area contributed by atoms with Crippen molar-refractivity contribution in [1.82, 2.24) is 0 Å². The van der Waals surface area contributed by atoms with Crippen molar-refractivity contribution in [1.29, 1.82) is 5.41 Å². The predicted molar refractivity (Wildman–Crippen MR) is 68.7 cm³/mol. The fourth-order valence-electron chi connectivity index (χ4n) is 1.31. The molecule has 0 saturated heterocycles. The number of halogens is 1. The summed E-state index contributed by atoms with van der Waals surface area (Å²) in [5.41, 5.74) is 7.31. The molecular formula is C11H16BrN3. The van der Waals surface area contributed by atoms with E-state index in [9.17, 15) is 0 Å². The first-order valence-corrected chi connectivity index (χ1v) is 5.59. The maximum Gasteiger partial charge on any atom is 0.124 e. The minimum atomic E-state index is 0.0961. The highest BCUT2D eigenvalue weighted by molar-refractivity contribution is 9.10. The van der Waals surface area contributed by atoms with Crippen LogP contribution in [0.2, 0.25) is 0 Å². The van der Waals surface area contributed by atoms with Crippen LogP contribution >= 0.6 is 15.9 Å². The van der Waals surface area contributed by atoms with Crippen LogP contribution in [0.5, 0.6) is 0 Å². The molecule has 4 heteroatoms. The minimum Gasteiger partial charge on any atom is -0.384 e. The van der Waals surface area contributed by atoms with Crippen molar-refractivity contribution in [2.45, 2.75) is 19.9 Å². The zero-order chi connectivity index (χ0) is 11.6. The van der Waals surface area contributed by atoms with Gasteiger partial charge in [0.25, 0.3) is 0 Å². The number of nitrogens with one attached hydrogen (secondary N) is 1. The number of nitrogen functional groups attached to an aromatic ring is 1. The molecule has 3 nitrogen and oxygen atoms in total. The molecule has 0 aliphatic carbocycles. The zero-order valence-electron chi connectivity index (χ0n) is 9.21. The van der Waals surface area contributed by atoms with Gasteiger partial charge in [0.05, 0.1) is 0 Å². The van der Waals surface area contributed by atoms with E-state index in [1.165, 1.54) is 0 Å². The van der Waals surface area contributed by atoms with E-state index < -0.39 is 0 Å². The third-order valence-corrected chi connectivity index (χ3v) is 2.90. The Labute approximate surface area is 98.9 Å². The fraction of sp³-hybridized carbons (Fsp3) is 0.364. The van der Waals surface area contributed by atoms with E-state index in [4.69, 9.17) is 11.1 Å². The minimum absolute atomic E-state index is 0.0961. The summed E-state index contributed by atoms with van der Waals surface area (Å²) in [5, 5.41) is 7.54. The van der Waals surface area contributed by atoms with Crippen molar-refractivity contribution in [2.24, 2.45) is 5.73 Å². The molecule has 0 bridgehead atoms. The molecule has 0 fully saturated rings. The molecule has 0 spiro atoms. The van der Waals surface area contributed by atoms with Crippen LogP contribution in [0.15, 0.2) is 22.7 Å². The molecular weight excluding hydrogens is 254 g/mol. The second kappa shape index (κ2) is 4.66. The molecule has 3 N–H and O–H groups in total. The highest BCUT2D eigenvalue weighted by Gasteiger charge is 2.12. The molecule has 0 aliphatic heterocycles. The number of nitrogens with zero attached hydrogens (tertiary/aromatic N) is 1. The number of benzene rings is 1. The van der Waals surface area contributed by atoms with Gasteiger partial charge in [-0.15, -0.1) is 0 Å². The number of hydrogen-bond donors (Lipinski definition) is 2. The number of nitrogens with two attached hydrogens (primary N) is 1. The van der Waals surface area contributed by atoms with E-state index in [2.05, 4.69) is 34.7 Å². The Hall–Kier alpha value is -1.03. The molecule has 15 heavy (non-hydrogen) atoms. The van der Waals surface area contributed by atoms with Crippen LogP contribution in [-0.4, -0.2) is 18.9 Å². The second-order valence-corrected chi connectivity index (χ2v) is 4.70. The third kappa shape index (κ3) is 2.72. The molecule has 0 heterocycles. The van der Waals surface area contributed by atoms with Crippen molar-refractivity contribution in [3.8, 4) is 0 Å². The molecule has 0 amide bonds. The Morgan fingerprint density at radius 3 is 2.53 bits per heavy atom. The van der Waals surface area contributed by atoms with Gasteiger partial charge in [-0.1, -0.05) is 15.9 Å². The van der Waals surface area contributed by atoms with Gasteiger partial charge in [-0.05, 0) is 32.0 Å². The first kappa shape index (κ1) is 12.0. The van der Waals surface area contributed by atoms with Crippen molar-refractivity contribution in [3.63, 3.8) is 0 Å². The average molecular weight is 270 g/mol. The van der Waals surface area contributed by atoms with E-state index in [1.807, 2.05) is 25.2 Å². The third-order valence-electron chi connectivity index (χ3n) is 2.40. The van der Waals surface area contributed by atoms with Gasteiger partial charge in [-0.25, -0.2) is 0 Å². The van der Waals surface area contributed by atoms with E-state index >= 15 is 0 Å². The standard InChI is InChI=1S/C11H16BrN3/c1-7(2)15(3)10-5-4-8(12)6-9(10)11(13)14/h4-7H,1-3H3,(H3,13,14). The predicted octanol–water partition coefficient (Wildman–Crippen LogP) is 2.58. The van der Waals surface area contributed by atoms with Crippen LogP contribution in [0.3, 0.4) is 0 Å². The van der Waals surface area contributed by atoms with Gasteiger partial charge in [-0.3, -0.25) is 5.41 Å². The average Bonchev–Trinajstić information content (AvgIpc) is 2.16. The second-order valence-electron chi connectivity index (χ2n) is 3.78. The largest absolute Gasteiger partial charge is 0.384 e. The summed E-state index contributed by atoms with van der Waals surface area (Å²) in [6.07, 6.45) is 0. The highest BCUT2D eigenvalue weighted by atomic mass is 79.9. The molecule has 0 aliphatic rings. The molecule has 1 rings (SSSR count). The lowest BCUT2D eigenvalue weighted by molar-refractivity contribution is 0.754. The highest BCUT2D eigenvalue weighted by Crippen LogP contribution is 2.24. The smallest absolute Gasteiger partial charge is 0.124 e. The first-order chi connectivity index (χ1) is 6.93. The molecule has 1 aromatic rings. The van der Waals surface area contributed by atoms with E-state index in [0.717, 1.165) is 15.7 Å². The summed E-state index contributed by atoms with van der Waals surface area (Å²) in [5.74, 6) is 0.0961. The van der Waals surface area contributed by atoms with Crippen molar-refractivity contribution >= 4 is 27.5 Å². The maximum atomic E-state index is 7.54. The van der Waals surface area contributed by atoms with Gasteiger partial charge in [0, 0.05) is 28.8 Å². The van der Waals surface area contributed by atoms with Gasteiger partial charge in [0.2, 0.25) is 0 Å². The Balaban J connectivity index is 3.22. The number of amidine groups is 1. The van der Waals surface area contributed by atoms with Crippen LogP contribution in [-0.2, 0) is 0 Å². The number of hydrogen-bond acceptors (Lipinski definition) is 2. The van der Waals surface area contributed by atoms with Gasteiger partial charge in [0.1, 0.15) is 5.84 Å². The monoisotopic (exact) mass is 269 g/mol. The first-order valence-electron chi connectivity index (χ1n) is 4.80. The molecule has 0 saturated carbocycles. The molecule has 0 aromatic heterocycles. The molecule has 0 atom stereocenters.